The monoisotopic (exact) mass is 399 g/mol. The molecule has 3 N–H and O–H groups in total. The smallest absolute Gasteiger partial charge is 0.338 e. The van der Waals surface area contributed by atoms with E-state index in [2.05, 4.69) is 16.0 Å². The van der Waals surface area contributed by atoms with E-state index in [-0.39, 0.29) is 12.1 Å². The third-order valence-electron chi connectivity index (χ3n) is 3.78. The molecule has 154 valence electrons. The lowest BCUT2D eigenvalue weighted by Crippen LogP contribution is -2.39. The van der Waals surface area contributed by atoms with Gasteiger partial charge in [0.1, 0.15) is 5.75 Å². The molecule has 0 fully saturated rings. The van der Waals surface area contributed by atoms with Crippen LogP contribution in [0.3, 0.4) is 0 Å². The Morgan fingerprint density at radius 2 is 1.69 bits per heavy atom. The molecule has 0 aliphatic heterocycles. The van der Waals surface area contributed by atoms with Crippen LogP contribution in [0.5, 0.6) is 5.75 Å². The van der Waals surface area contributed by atoms with Crippen molar-refractivity contribution >= 4 is 23.6 Å². The van der Waals surface area contributed by atoms with E-state index in [1.165, 1.54) is 7.11 Å². The Morgan fingerprint density at radius 3 is 2.34 bits per heavy atom. The van der Waals surface area contributed by atoms with Crippen LogP contribution in [-0.4, -0.2) is 37.7 Å². The molecule has 0 bridgehead atoms. The molecule has 0 radical (unpaired) electrons. The summed E-state index contributed by atoms with van der Waals surface area (Å²) in [7, 11) is 1.50. The molecule has 2 rings (SSSR count). The van der Waals surface area contributed by atoms with Gasteiger partial charge < -0.3 is 25.4 Å². The highest BCUT2D eigenvalue weighted by Crippen LogP contribution is 2.22. The van der Waals surface area contributed by atoms with Gasteiger partial charge in [-0.2, -0.15) is 0 Å². The van der Waals surface area contributed by atoms with Gasteiger partial charge >= 0.3 is 12.0 Å². The highest BCUT2D eigenvalue weighted by molar-refractivity contribution is 5.96. The fourth-order valence-electron chi connectivity index (χ4n) is 2.40. The summed E-state index contributed by atoms with van der Waals surface area (Å²) < 4.78 is 10.2. The second-order valence-corrected chi connectivity index (χ2v) is 6.50. The van der Waals surface area contributed by atoms with Gasteiger partial charge in [0, 0.05) is 12.6 Å². The van der Waals surface area contributed by atoms with E-state index in [1.807, 2.05) is 13.8 Å². The number of methoxy groups -OCH3 is 1. The molecular weight excluding hydrogens is 374 g/mol. The number of benzene rings is 2. The number of esters is 1. The van der Waals surface area contributed by atoms with Crippen molar-refractivity contribution in [3.05, 3.63) is 59.7 Å². The van der Waals surface area contributed by atoms with Crippen molar-refractivity contribution in [2.75, 3.05) is 19.0 Å². The Kier molecular flexibility index (Phi) is 8.02. The van der Waals surface area contributed by atoms with Gasteiger partial charge in [0.2, 0.25) is 0 Å². The Bertz CT molecular complexity index is 850. The number of carbonyl (C=O) groups is 3. The largest absolute Gasteiger partial charge is 0.495 e. The minimum Gasteiger partial charge on any atom is -0.495 e. The highest BCUT2D eigenvalue weighted by Gasteiger charge is 2.12. The summed E-state index contributed by atoms with van der Waals surface area (Å²) in [5, 5.41) is 8.08. The Hall–Kier alpha value is -3.55. The van der Waals surface area contributed by atoms with Crippen molar-refractivity contribution in [3.63, 3.8) is 0 Å². The van der Waals surface area contributed by atoms with Crippen molar-refractivity contribution in [1.29, 1.82) is 0 Å². The van der Waals surface area contributed by atoms with E-state index in [0.29, 0.717) is 23.5 Å². The number of hydrogen-bond donors (Lipinski definition) is 3. The van der Waals surface area contributed by atoms with Crippen LogP contribution in [0.25, 0.3) is 0 Å². The molecule has 0 aliphatic carbocycles. The third-order valence-corrected chi connectivity index (χ3v) is 3.78. The summed E-state index contributed by atoms with van der Waals surface area (Å²) in [4.78, 5) is 35.7. The van der Waals surface area contributed by atoms with Gasteiger partial charge in [0.05, 0.1) is 18.4 Å². The zero-order valence-corrected chi connectivity index (χ0v) is 16.7. The third kappa shape index (κ3) is 7.17. The van der Waals surface area contributed by atoms with Crippen molar-refractivity contribution in [2.24, 2.45) is 0 Å². The van der Waals surface area contributed by atoms with Crippen LogP contribution in [0.1, 0.15) is 29.8 Å². The first-order chi connectivity index (χ1) is 13.9. The number of urea groups is 1. The fourth-order valence-corrected chi connectivity index (χ4v) is 2.40. The second-order valence-electron chi connectivity index (χ2n) is 6.50. The van der Waals surface area contributed by atoms with Crippen molar-refractivity contribution in [3.8, 4) is 5.75 Å². The van der Waals surface area contributed by atoms with E-state index in [1.54, 1.807) is 48.5 Å². The zero-order valence-electron chi connectivity index (χ0n) is 16.7. The number of rotatable bonds is 8. The van der Waals surface area contributed by atoms with E-state index in [9.17, 15) is 14.4 Å². The molecule has 0 heterocycles. The quantitative estimate of drug-likeness (QED) is 0.592. The number of amides is 3. The second kappa shape index (κ2) is 10.7. The number of para-hydroxylation sites is 2. The first kappa shape index (κ1) is 21.7. The summed E-state index contributed by atoms with van der Waals surface area (Å²) in [5.41, 5.74) is 1.63. The van der Waals surface area contributed by atoms with Gasteiger partial charge in [-0.25, -0.2) is 9.59 Å². The van der Waals surface area contributed by atoms with Crippen LogP contribution in [-0.2, 0) is 16.1 Å². The average Bonchev–Trinajstić information content (AvgIpc) is 2.71. The standard InChI is InChI=1S/C21H25N3O5/c1-14(2)23-21(27)22-12-15-8-10-16(11-9-15)20(26)29-13-19(25)24-17-6-4-5-7-18(17)28-3/h4-11,14H,12-13H2,1-3H3,(H,24,25)(H2,22,23,27). The number of ether oxygens (including phenoxy) is 2. The average molecular weight is 399 g/mol. The maximum atomic E-state index is 12.1. The molecule has 8 heteroatoms. The van der Waals surface area contributed by atoms with Crippen molar-refractivity contribution < 1.29 is 23.9 Å². The van der Waals surface area contributed by atoms with Gasteiger partial charge in [-0.15, -0.1) is 0 Å². The van der Waals surface area contributed by atoms with Gasteiger partial charge in [0.15, 0.2) is 6.61 Å². The lowest BCUT2D eigenvalue weighted by Gasteiger charge is -2.11. The number of hydrogen-bond acceptors (Lipinski definition) is 5. The van der Waals surface area contributed by atoms with Crippen molar-refractivity contribution in [2.45, 2.75) is 26.4 Å². The first-order valence-corrected chi connectivity index (χ1v) is 9.12. The zero-order chi connectivity index (χ0) is 21.2. The Labute approximate surface area is 169 Å². The molecular formula is C21H25N3O5. The van der Waals surface area contributed by atoms with Gasteiger partial charge in [-0.1, -0.05) is 24.3 Å². The molecule has 0 aliphatic rings. The van der Waals surface area contributed by atoms with Crippen LogP contribution in [0.15, 0.2) is 48.5 Å². The minimum absolute atomic E-state index is 0.0484. The van der Waals surface area contributed by atoms with Gasteiger partial charge in [-0.05, 0) is 43.7 Å². The molecule has 3 amide bonds. The normalized spacial score (nSPS) is 10.2. The lowest BCUT2D eigenvalue weighted by atomic mass is 10.1. The number of nitrogens with one attached hydrogen (secondary N) is 3. The van der Waals surface area contributed by atoms with Crippen LogP contribution < -0.4 is 20.7 Å². The van der Waals surface area contributed by atoms with E-state index < -0.39 is 18.5 Å². The van der Waals surface area contributed by atoms with Crippen molar-refractivity contribution in [1.82, 2.24) is 10.6 Å². The van der Waals surface area contributed by atoms with Crippen LogP contribution in [0.4, 0.5) is 10.5 Å². The van der Waals surface area contributed by atoms with Crippen LogP contribution in [0, 0.1) is 0 Å². The molecule has 0 spiro atoms. The first-order valence-electron chi connectivity index (χ1n) is 9.12. The van der Waals surface area contributed by atoms with Crippen LogP contribution >= 0.6 is 0 Å². The summed E-state index contributed by atoms with van der Waals surface area (Å²) in [5.74, 6) is -0.574. The Balaban J connectivity index is 1.81. The topological polar surface area (TPSA) is 106 Å². The number of anilines is 1. The summed E-state index contributed by atoms with van der Waals surface area (Å²) in [6.45, 7) is 3.65. The maximum Gasteiger partial charge on any atom is 0.338 e. The molecule has 29 heavy (non-hydrogen) atoms. The molecule has 0 aromatic heterocycles. The molecule has 2 aromatic rings. The summed E-state index contributed by atoms with van der Waals surface area (Å²) in [6, 6.07) is 13.3. The predicted octanol–water partition coefficient (Wildman–Crippen LogP) is 2.70. The van der Waals surface area contributed by atoms with E-state index in [0.717, 1.165) is 5.56 Å². The SMILES string of the molecule is COc1ccccc1NC(=O)COC(=O)c1ccc(CNC(=O)NC(C)C)cc1. The summed E-state index contributed by atoms with van der Waals surface area (Å²) >= 11 is 0. The van der Waals surface area contributed by atoms with Crippen LogP contribution in [0.2, 0.25) is 0 Å². The molecule has 0 unspecified atom stereocenters. The maximum absolute atomic E-state index is 12.1. The molecule has 0 atom stereocenters. The lowest BCUT2D eigenvalue weighted by molar-refractivity contribution is -0.119. The van der Waals surface area contributed by atoms with Gasteiger partial charge in [0.25, 0.3) is 5.91 Å². The molecule has 8 nitrogen and oxygen atoms in total. The highest BCUT2D eigenvalue weighted by atomic mass is 16.5. The molecule has 0 saturated heterocycles. The molecule has 0 saturated carbocycles. The summed E-state index contributed by atoms with van der Waals surface area (Å²) in [6.07, 6.45) is 0. The predicted molar refractivity (Wildman–Crippen MR) is 109 cm³/mol. The fraction of sp³-hybridized carbons (Fsp3) is 0.286. The minimum atomic E-state index is -0.614. The van der Waals surface area contributed by atoms with Gasteiger partial charge in [-0.3, -0.25) is 4.79 Å². The molecule has 2 aromatic carbocycles. The van der Waals surface area contributed by atoms with E-state index >= 15 is 0 Å². The van der Waals surface area contributed by atoms with E-state index in [4.69, 9.17) is 9.47 Å². The number of carbonyl (C=O) groups excluding carboxylic acids is 3. The Morgan fingerprint density at radius 1 is 1.00 bits per heavy atom.